The fourth-order valence-electron chi connectivity index (χ4n) is 2.26. The van der Waals surface area contributed by atoms with Crippen molar-refractivity contribution in [2.24, 2.45) is 5.73 Å². The maximum Gasteiger partial charge on any atom is 0.131 e. The summed E-state index contributed by atoms with van der Waals surface area (Å²) in [7, 11) is 0. The molecule has 0 spiro atoms. The van der Waals surface area contributed by atoms with Crippen molar-refractivity contribution in [3.63, 3.8) is 0 Å². The van der Waals surface area contributed by atoms with Gasteiger partial charge in [-0.15, -0.1) is 0 Å². The zero-order valence-corrected chi connectivity index (χ0v) is 11.1. The van der Waals surface area contributed by atoms with Crippen LogP contribution in [0.1, 0.15) is 25.2 Å². The molecule has 2 heterocycles. The average Bonchev–Trinajstić information content (AvgIpc) is 2.85. The Bertz CT molecular complexity index is 736. The molecule has 1 unspecified atom stereocenters. The molecule has 2 aromatic heterocycles. The standard InChI is InChI=1S/C15H15FN4/c1-2-12(17)15-19-13-6-5-10(16)8-14(13)20(15)11-4-3-7-18-9-11/h3-9,12H,2,17H2,1H3. The molecule has 20 heavy (non-hydrogen) atoms. The van der Waals surface area contributed by atoms with Gasteiger partial charge in [0, 0.05) is 12.3 Å². The third-order valence-electron chi connectivity index (χ3n) is 3.32. The minimum Gasteiger partial charge on any atom is -0.321 e. The molecule has 0 aliphatic rings. The summed E-state index contributed by atoms with van der Waals surface area (Å²) in [5, 5.41) is 0. The molecular weight excluding hydrogens is 255 g/mol. The maximum absolute atomic E-state index is 13.5. The van der Waals surface area contributed by atoms with Gasteiger partial charge >= 0.3 is 0 Å². The lowest BCUT2D eigenvalue weighted by Gasteiger charge is -2.12. The Morgan fingerprint density at radius 2 is 2.20 bits per heavy atom. The Hall–Kier alpha value is -2.27. The van der Waals surface area contributed by atoms with E-state index in [1.807, 2.05) is 23.6 Å². The van der Waals surface area contributed by atoms with E-state index in [0.29, 0.717) is 5.52 Å². The molecule has 0 saturated heterocycles. The number of hydrogen-bond acceptors (Lipinski definition) is 3. The minimum absolute atomic E-state index is 0.203. The monoisotopic (exact) mass is 270 g/mol. The highest BCUT2D eigenvalue weighted by Crippen LogP contribution is 2.25. The van der Waals surface area contributed by atoms with Crippen LogP contribution in [0, 0.1) is 5.82 Å². The maximum atomic E-state index is 13.5. The van der Waals surface area contributed by atoms with Gasteiger partial charge in [-0.3, -0.25) is 9.55 Å². The minimum atomic E-state index is -0.292. The summed E-state index contributed by atoms with van der Waals surface area (Å²) in [5.41, 5.74) is 8.41. The Morgan fingerprint density at radius 3 is 2.90 bits per heavy atom. The Kier molecular flexibility index (Phi) is 3.20. The predicted molar refractivity (Wildman–Crippen MR) is 76.0 cm³/mol. The van der Waals surface area contributed by atoms with Crippen LogP contribution in [-0.2, 0) is 0 Å². The summed E-state index contributed by atoms with van der Waals surface area (Å²) in [6.45, 7) is 2.00. The molecule has 102 valence electrons. The first-order valence-corrected chi connectivity index (χ1v) is 6.54. The first-order valence-electron chi connectivity index (χ1n) is 6.54. The Morgan fingerprint density at radius 1 is 1.35 bits per heavy atom. The lowest BCUT2D eigenvalue weighted by atomic mass is 10.2. The van der Waals surface area contributed by atoms with Gasteiger partial charge < -0.3 is 5.73 Å². The number of aromatic nitrogens is 3. The van der Waals surface area contributed by atoms with Gasteiger partial charge in [-0.2, -0.15) is 0 Å². The van der Waals surface area contributed by atoms with Crippen molar-refractivity contribution < 1.29 is 4.39 Å². The second-order valence-electron chi connectivity index (χ2n) is 4.66. The highest BCUT2D eigenvalue weighted by atomic mass is 19.1. The summed E-state index contributed by atoms with van der Waals surface area (Å²) in [6.07, 6.45) is 4.17. The van der Waals surface area contributed by atoms with E-state index in [9.17, 15) is 4.39 Å². The summed E-state index contributed by atoms with van der Waals surface area (Å²) in [6, 6.07) is 8.09. The first-order chi connectivity index (χ1) is 9.70. The van der Waals surface area contributed by atoms with Gasteiger partial charge in [-0.25, -0.2) is 9.37 Å². The van der Waals surface area contributed by atoms with Crippen LogP contribution in [0.15, 0.2) is 42.7 Å². The number of rotatable bonds is 3. The van der Waals surface area contributed by atoms with Crippen LogP contribution < -0.4 is 5.73 Å². The molecule has 3 aromatic rings. The SMILES string of the molecule is CCC(N)c1nc2ccc(F)cc2n1-c1cccnc1. The van der Waals surface area contributed by atoms with Crippen LogP contribution >= 0.6 is 0 Å². The van der Waals surface area contributed by atoms with Crippen molar-refractivity contribution in [1.29, 1.82) is 0 Å². The van der Waals surface area contributed by atoms with E-state index in [1.165, 1.54) is 12.1 Å². The van der Waals surface area contributed by atoms with Gasteiger partial charge in [0.1, 0.15) is 11.6 Å². The van der Waals surface area contributed by atoms with Gasteiger partial charge in [0.2, 0.25) is 0 Å². The molecule has 5 heteroatoms. The molecule has 0 amide bonds. The molecule has 0 fully saturated rings. The van der Waals surface area contributed by atoms with Crippen LogP contribution in [0.5, 0.6) is 0 Å². The third kappa shape index (κ3) is 2.06. The molecule has 2 N–H and O–H groups in total. The largest absolute Gasteiger partial charge is 0.321 e. The van der Waals surface area contributed by atoms with Gasteiger partial charge in [0.05, 0.1) is 29.0 Å². The predicted octanol–water partition coefficient (Wildman–Crippen LogP) is 2.97. The molecular formula is C15H15FN4. The summed E-state index contributed by atoms with van der Waals surface area (Å²) in [4.78, 5) is 8.66. The number of nitrogens with two attached hydrogens (primary N) is 1. The molecule has 0 bridgehead atoms. The normalized spacial score (nSPS) is 12.8. The summed E-state index contributed by atoms with van der Waals surface area (Å²) in [5.74, 6) is 0.431. The first kappa shape index (κ1) is 12.7. The second kappa shape index (κ2) is 5.02. The lowest BCUT2D eigenvalue weighted by Crippen LogP contribution is -2.15. The highest BCUT2D eigenvalue weighted by Gasteiger charge is 2.17. The number of hydrogen-bond donors (Lipinski definition) is 1. The van der Waals surface area contributed by atoms with Gasteiger partial charge in [-0.1, -0.05) is 6.92 Å². The van der Waals surface area contributed by atoms with E-state index >= 15 is 0 Å². The van der Waals surface area contributed by atoms with E-state index in [2.05, 4.69) is 9.97 Å². The number of nitrogens with zero attached hydrogens (tertiary/aromatic N) is 3. The van der Waals surface area contributed by atoms with Crippen molar-refractivity contribution in [2.75, 3.05) is 0 Å². The molecule has 0 saturated carbocycles. The average molecular weight is 270 g/mol. The van der Waals surface area contributed by atoms with Gasteiger partial charge in [-0.05, 0) is 30.7 Å². The van der Waals surface area contributed by atoms with Crippen molar-refractivity contribution in [3.05, 3.63) is 54.4 Å². The van der Waals surface area contributed by atoms with Crippen LogP contribution in [0.3, 0.4) is 0 Å². The summed E-state index contributed by atoms with van der Waals surface area (Å²) >= 11 is 0. The molecule has 0 aliphatic heterocycles. The van der Waals surface area contributed by atoms with Crippen LogP contribution in [0.25, 0.3) is 16.7 Å². The fraction of sp³-hybridized carbons (Fsp3) is 0.200. The van der Waals surface area contributed by atoms with Gasteiger partial charge in [0.15, 0.2) is 0 Å². The lowest BCUT2D eigenvalue weighted by molar-refractivity contribution is 0.627. The number of fused-ring (bicyclic) bond motifs is 1. The zero-order chi connectivity index (χ0) is 14.1. The van der Waals surface area contributed by atoms with Crippen LogP contribution in [0.2, 0.25) is 0 Å². The second-order valence-corrected chi connectivity index (χ2v) is 4.66. The molecule has 3 rings (SSSR count). The number of pyridine rings is 1. The molecule has 0 radical (unpaired) electrons. The van der Waals surface area contributed by atoms with Crippen molar-refractivity contribution in [3.8, 4) is 5.69 Å². The van der Waals surface area contributed by atoms with Crippen molar-refractivity contribution in [2.45, 2.75) is 19.4 Å². The van der Waals surface area contributed by atoms with Crippen molar-refractivity contribution in [1.82, 2.24) is 14.5 Å². The van der Waals surface area contributed by atoms with Gasteiger partial charge in [0.25, 0.3) is 0 Å². The fourth-order valence-corrected chi connectivity index (χ4v) is 2.26. The third-order valence-corrected chi connectivity index (χ3v) is 3.32. The van der Waals surface area contributed by atoms with E-state index < -0.39 is 0 Å². The molecule has 4 nitrogen and oxygen atoms in total. The van der Waals surface area contributed by atoms with E-state index in [-0.39, 0.29) is 11.9 Å². The number of halogens is 1. The number of imidazole rings is 1. The number of benzene rings is 1. The Balaban J connectivity index is 2.33. The topological polar surface area (TPSA) is 56.7 Å². The molecule has 1 aromatic carbocycles. The zero-order valence-electron chi connectivity index (χ0n) is 11.1. The Labute approximate surface area is 116 Å². The summed E-state index contributed by atoms with van der Waals surface area (Å²) < 4.78 is 15.4. The van der Waals surface area contributed by atoms with E-state index in [4.69, 9.17) is 5.73 Å². The van der Waals surface area contributed by atoms with E-state index in [1.54, 1.807) is 18.5 Å². The smallest absolute Gasteiger partial charge is 0.131 e. The van der Waals surface area contributed by atoms with Crippen LogP contribution in [-0.4, -0.2) is 14.5 Å². The van der Waals surface area contributed by atoms with Crippen molar-refractivity contribution >= 4 is 11.0 Å². The van der Waals surface area contributed by atoms with E-state index in [0.717, 1.165) is 23.4 Å². The molecule has 0 aliphatic carbocycles. The quantitative estimate of drug-likeness (QED) is 0.796. The highest BCUT2D eigenvalue weighted by molar-refractivity contribution is 5.78. The van der Waals surface area contributed by atoms with Crippen LogP contribution in [0.4, 0.5) is 4.39 Å². The molecule has 1 atom stereocenters.